The van der Waals surface area contributed by atoms with Crippen molar-refractivity contribution in [1.29, 1.82) is 0 Å². The van der Waals surface area contributed by atoms with E-state index in [0.29, 0.717) is 13.0 Å². The lowest BCUT2D eigenvalue weighted by Crippen LogP contribution is -2.43. The Kier molecular flexibility index (Phi) is 6.02. The van der Waals surface area contributed by atoms with E-state index < -0.39 is 12.0 Å². The average molecular weight is 264 g/mol. The molecular weight excluding hydrogens is 244 g/mol. The molecule has 0 bridgehead atoms. The second kappa shape index (κ2) is 7.53. The van der Waals surface area contributed by atoms with Gasteiger partial charge in [-0.3, -0.25) is 9.59 Å². The highest BCUT2D eigenvalue weighted by Gasteiger charge is 2.15. The van der Waals surface area contributed by atoms with Gasteiger partial charge >= 0.3 is 5.97 Å². The second-order valence-electron chi connectivity index (χ2n) is 4.74. The minimum absolute atomic E-state index is 0.0359. The number of amides is 1. The van der Waals surface area contributed by atoms with Crippen LogP contribution >= 0.6 is 0 Å². The minimum Gasteiger partial charge on any atom is -0.481 e. The van der Waals surface area contributed by atoms with E-state index >= 15 is 0 Å². The summed E-state index contributed by atoms with van der Waals surface area (Å²) in [6, 6.07) is 8.92. The summed E-state index contributed by atoms with van der Waals surface area (Å²) in [6.07, 6.45) is 0.508. The van der Waals surface area contributed by atoms with Crippen LogP contribution in [-0.4, -0.2) is 29.6 Å². The van der Waals surface area contributed by atoms with Gasteiger partial charge in [-0.05, 0) is 17.9 Å². The number of hydrogen-bond acceptors (Lipinski definition) is 3. The van der Waals surface area contributed by atoms with Crippen molar-refractivity contribution in [2.75, 3.05) is 6.54 Å². The third-order valence-electron chi connectivity index (χ3n) is 2.78. The highest BCUT2D eigenvalue weighted by Crippen LogP contribution is 2.03. The van der Waals surface area contributed by atoms with Crippen LogP contribution in [0.3, 0.4) is 0 Å². The van der Waals surface area contributed by atoms with Gasteiger partial charge in [-0.25, -0.2) is 0 Å². The molecule has 0 aliphatic rings. The van der Waals surface area contributed by atoms with Crippen molar-refractivity contribution < 1.29 is 14.7 Å². The fourth-order valence-corrected chi connectivity index (χ4v) is 1.74. The number of aliphatic carboxylic acids is 1. The standard InChI is InChI=1S/C14H20N2O3/c1-10(7-13(17)18)9-16-14(19)12(15)8-11-5-3-2-4-6-11/h2-6,10,12H,7-9,15H2,1H3,(H,16,19)(H,17,18)/t10?,12-/m1/s1. The van der Waals surface area contributed by atoms with Crippen LogP contribution in [0.4, 0.5) is 0 Å². The number of carboxylic acid groups (broad SMARTS) is 1. The molecular formula is C14H20N2O3. The monoisotopic (exact) mass is 264 g/mol. The van der Waals surface area contributed by atoms with Crippen LogP contribution in [0.15, 0.2) is 30.3 Å². The van der Waals surface area contributed by atoms with E-state index in [-0.39, 0.29) is 18.2 Å². The van der Waals surface area contributed by atoms with E-state index in [4.69, 9.17) is 10.8 Å². The van der Waals surface area contributed by atoms with E-state index in [9.17, 15) is 9.59 Å². The van der Waals surface area contributed by atoms with E-state index in [2.05, 4.69) is 5.32 Å². The molecule has 0 saturated carbocycles. The molecule has 4 N–H and O–H groups in total. The topological polar surface area (TPSA) is 92.4 Å². The first-order valence-electron chi connectivity index (χ1n) is 6.28. The molecule has 1 aromatic carbocycles. The molecule has 2 atom stereocenters. The Labute approximate surface area is 112 Å². The number of carbonyl (C=O) groups excluding carboxylic acids is 1. The third-order valence-corrected chi connectivity index (χ3v) is 2.78. The Bertz CT molecular complexity index is 420. The van der Waals surface area contributed by atoms with E-state index in [1.807, 2.05) is 30.3 Å². The molecule has 0 radical (unpaired) electrons. The first-order valence-corrected chi connectivity index (χ1v) is 6.28. The van der Waals surface area contributed by atoms with Gasteiger partial charge in [0.2, 0.25) is 5.91 Å². The summed E-state index contributed by atoms with van der Waals surface area (Å²) in [7, 11) is 0. The zero-order valence-electron chi connectivity index (χ0n) is 11.0. The van der Waals surface area contributed by atoms with E-state index in [0.717, 1.165) is 5.56 Å². The van der Waals surface area contributed by atoms with Crippen molar-refractivity contribution in [3.63, 3.8) is 0 Å². The van der Waals surface area contributed by atoms with Crippen molar-refractivity contribution in [3.05, 3.63) is 35.9 Å². The van der Waals surface area contributed by atoms with Crippen molar-refractivity contribution in [2.24, 2.45) is 11.7 Å². The zero-order valence-corrected chi connectivity index (χ0v) is 11.0. The molecule has 0 heterocycles. The van der Waals surface area contributed by atoms with Crippen molar-refractivity contribution in [3.8, 4) is 0 Å². The summed E-state index contributed by atoms with van der Waals surface area (Å²) < 4.78 is 0. The molecule has 0 spiro atoms. The van der Waals surface area contributed by atoms with Gasteiger partial charge in [0.1, 0.15) is 0 Å². The van der Waals surface area contributed by atoms with Gasteiger partial charge in [0, 0.05) is 13.0 Å². The highest BCUT2D eigenvalue weighted by atomic mass is 16.4. The number of benzene rings is 1. The Hall–Kier alpha value is -1.88. The zero-order chi connectivity index (χ0) is 14.3. The highest BCUT2D eigenvalue weighted by molar-refractivity contribution is 5.81. The van der Waals surface area contributed by atoms with Crippen LogP contribution in [0.2, 0.25) is 0 Å². The summed E-state index contributed by atoms with van der Waals surface area (Å²) in [5.41, 5.74) is 6.81. The van der Waals surface area contributed by atoms with Crippen LogP contribution in [0.5, 0.6) is 0 Å². The molecule has 1 unspecified atom stereocenters. The fourth-order valence-electron chi connectivity index (χ4n) is 1.74. The third kappa shape index (κ3) is 6.01. The predicted octanol–water partition coefficient (Wildman–Crippen LogP) is 0.783. The van der Waals surface area contributed by atoms with Gasteiger partial charge < -0.3 is 16.2 Å². The molecule has 0 saturated heterocycles. The number of rotatable bonds is 7. The van der Waals surface area contributed by atoms with Gasteiger partial charge in [0.05, 0.1) is 6.04 Å². The van der Waals surface area contributed by atoms with Crippen molar-refractivity contribution >= 4 is 11.9 Å². The van der Waals surface area contributed by atoms with Crippen LogP contribution in [-0.2, 0) is 16.0 Å². The summed E-state index contributed by atoms with van der Waals surface area (Å²) in [5, 5.41) is 11.3. The predicted molar refractivity (Wildman–Crippen MR) is 72.5 cm³/mol. The van der Waals surface area contributed by atoms with Crippen molar-refractivity contribution in [1.82, 2.24) is 5.32 Å². The van der Waals surface area contributed by atoms with Crippen LogP contribution in [0.25, 0.3) is 0 Å². The molecule has 0 aromatic heterocycles. The van der Waals surface area contributed by atoms with Crippen LogP contribution < -0.4 is 11.1 Å². The van der Waals surface area contributed by atoms with Gasteiger partial charge in [0.25, 0.3) is 0 Å². The maximum atomic E-state index is 11.8. The average Bonchev–Trinajstić information content (AvgIpc) is 2.36. The normalized spacial score (nSPS) is 13.6. The lowest BCUT2D eigenvalue weighted by Gasteiger charge is -2.14. The summed E-state index contributed by atoms with van der Waals surface area (Å²) in [6.45, 7) is 2.10. The molecule has 104 valence electrons. The van der Waals surface area contributed by atoms with E-state index in [1.165, 1.54) is 0 Å². The molecule has 1 aromatic rings. The molecule has 19 heavy (non-hydrogen) atoms. The van der Waals surface area contributed by atoms with Gasteiger partial charge in [0.15, 0.2) is 0 Å². The van der Waals surface area contributed by atoms with Gasteiger partial charge in [-0.1, -0.05) is 37.3 Å². The number of nitrogens with one attached hydrogen (secondary N) is 1. The first-order chi connectivity index (χ1) is 8.99. The van der Waals surface area contributed by atoms with Crippen LogP contribution in [0.1, 0.15) is 18.9 Å². The largest absolute Gasteiger partial charge is 0.481 e. The first kappa shape index (κ1) is 15.2. The Morgan fingerprint density at radius 3 is 2.53 bits per heavy atom. The second-order valence-corrected chi connectivity index (χ2v) is 4.74. The maximum Gasteiger partial charge on any atom is 0.303 e. The smallest absolute Gasteiger partial charge is 0.303 e. The number of hydrogen-bond donors (Lipinski definition) is 3. The minimum atomic E-state index is -0.865. The van der Waals surface area contributed by atoms with E-state index in [1.54, 1.807) is 6.92 Å². The van der Waals surface area contributed by atoms with Crippen LogP contribution in [0, 0.1) is 5.92 Å². The summed E-state index contributed by atoms with van der Waals surface area (Å²) >= 11 is 0. The molecule has 0 aliphatic heterocycles. The lowest BCUT2D eigenvalue weighted by molar-refractivity contribution is -0.138. The number of nitrogens with two attached hydrogens (primary N) is 1. The van der Waals surface area contributed by atoms with Gasteiger partial charge in [-0.2, -0.15) is 0 Å². The Morgan fingerprint density at radius 1 is 1.32 bits per heavy atom. The van der Waals surface area contributed by atoms with Gasteiger partial charge in [-0.15, -0.1) is 0 Å². The molecule has 1 rings (SSSR count). The maximum absolute atomic E-state index is 11.8. The Balaban J connectivity index is 2.35. The number of carboxylic acids is 1. The Morgan fingerprint density at radius 2 is 1.95 bits per heavy atom. The quantitative estimate of drug-likeness (QED) is 0.678. The SMILES string of the molecule is CC(CNC(=O)[C@H](N)Cc1ccccc1)CC(=O)O. The molecule has 0 aliphatic carbocycles. The lowest BCUT2D eigenvalue weighted by atomic mass is 10.1. The molecule has 0 fully saturated rings. The summed E-state index contributed by atoms with van der Waals surface area (Å²) in [4.78, 5) is 22.2. The molecule has 5 nitrogen and oxygen atoms in total. The van der Waals surface area contributed by atoms with Crippen molar-refractivity contribution in [2.45, 2.75) is 25.8 Å². The molecule has 1 amide bonds. The fraction of sp³-hybridized carbons (Fsp3) is 0.429. The molecule has 5 heteroatoms. The summed E-state index contributed by atoms with van der Waals surface area (Å²) in [5.74, 6) is -1.22. The number of carbonyl (C=O) groups is 2.